The SMILES string of the molecule is CN=C(NCCCC1CCCCC1)NCC(C)N1CCN(C)CC1. The maximum Gasteiger partial charge on any atom is 0.191 e. The molecule has 1 aliphatic heterocycles. The van der Waals surface area contributed by atoms with E-state index in [0.717, 1.165) is 25.0 Å². The van der Waals surface area contributed by atoms with Gasteiger partial charge in [0.1, 0.15) is 0 Å². The van der Waals surface area contributed by atoms with E-state index in [2.05, 4.69) is 39.4 Å². The Balaban J connectivity index is 1.56. The van der Waals surface area contributed by atoms with Gasteiger partial charge in [-0.05, 0) is 32.7 Å². The van der Waals surface area contributed by atoms with Crippen LogP contribution in [0.5, 0.6) is 0 Å². The molecule has 0 aromatic heterocycles. The first-order valence-electron chi connectivity index (χ1n) is 10.1. The highest BCUT2D eigenvalue weighted by molar-refractivity contribution is 5.79. The average molecular weight is 338 g/mol. The van der Waals surface area contributed by atoms with Gasteiger partial charge in [0, 0.05) is 52.4 Å². The van der Waals surface area contributed by atoms with E-state index in [1.54, 1.807) is 0 Å². The van der Waals surface area contributed by atoms with Crippen LogP contribution in [0.25, 0.3) is 0 Å². The van der Waals surface area contributed by atoms with Gasteiger partial charge in [0.15, 0.2) is 5.96 Å². The summed E-state index contributed by atoms with van der Waals surface area (Å²) in [5.41, 5.74) is 0. The van der Waals surface area contributed by atoms with Crippen molar-refractivity contribution in [3.8, 4) is 0 Å². The lowest BCUT2D eigenvalue weighted by Gasteiger charge is -2.36. The minimum absolute atomic E-state index is 0.555. The summed E-state index contributed by atoms with van der Waals surface area (Å²) in [4.78, 5) is 9.35. The molecule has 24 heavy (non-hydrogen) atoms. The molecule has 5 heteroatoms. The van der Waals surface area contributed by atoms with Crippen molar-refractivity contribution < 1.29 is 0 Å². The zero-order valence-corrected chi connectivity index (χ0v) is 16.2. The van der Waals surface area contributed by atoms with Crippen molar-refractivity contribution in [2.24, 2.45) is 10.9 Å². The largest absolute Gasteiger partial charge is 0.356 e. The number of guanidine groups is 1. The third-order valence-electron chi connectivity index (χ3n) is 5.76. The normalized spacial score (nSPS) is 23.2. The number of rotatable bonds is 7. The van der Waals surface area contributed by atoms with Crippen molar-refractivity contribution in [3.63, 3.8) is 0 Å². The molecule has 1 atom stereocenters. The summed E-state index contributed by atoms with van der Waals surface area (Å²) >= 11 is 0. The quantitative estimate of drug-likeness (QED) is 0.424. The fourth-order valence-electron chi connectivity index (χ4n) is 3.93. The first-order valence-corrected chi connectivity index (χ1v) is 10.1. The van der Waals surface area contributed by atoms with E-state index in [1.807, 2.05) is 7.05 Å². The number of nitrogens with zero attached hydrogens (tertiary/aromatic N) is 3. The second-order valence-corrected chi connectivity index (χ2v) is 7.71. The number of hydrogen-bond acceptors (Lipinski definition) is 3. The first-order chi connectivity index (χ1) is 11.7. The number of aliphatic imine (C=N–C) groups is 1. The molecule has 2 aliphatic rings. The van der Waals surface area contributed by atoms with E-state index in [1.165, 1.54) is 71.1 Å². The summed E-state index contributed by atoms with van der Waals surface area (Å²) in [6, 6.07) is 0.555. The number of likely N-dealkylation sites (N-methyl/N-ethyl adjacent to an activating group) is 1. The van der Waals surface area contributed by atoms with Crippen LogP contribution in [0.1, 0.15) is 51.9 Å². The molecule has 5 nitrogen and oxygen atoms in total. The lowest BCUT2D eigenvalue weighted by molar-refractivity contribution is 0.120. The van der Waals surface area contributed by atoms with Crippen LogP contribution in [0.2, 0.25) is 0 Å². The van der Waals surface area contributed by atoms with E-state index in [-0.39, 0.29) is 0 Å². The van der Waals surface area contributed by atoms with E-state index in [4.69, 9.17) is 0 Å². The topological polar surface area (TPSA) is 42.9 Å². The summed E-state index contributed by atoms with van der Waals surface area (Å²) in [5, 5.41) is 6.99. The zero-order valence-electron chi connectivity index (χ0n) is 16.2. The highest BCUT2D eigenvalue weighted by atomic mass is 15.3. The van der Waals surface area contributed by atoms with Gasteiger partial charge in [-0.1, -0.05) is 32.1 Å². The molecule has 0 aromatic carbocycles. The molecule has 0 spiro atoms. The van der Waals surface area contributed by atoms with Gasteiger partial charge < -0.3 is 15.5 Å². The zero-order chi connectivity index (χ0) is 17.2. The Hall–Kier alpha value is -0.810. The molecule has 1 saturated carbocycles. The van der Waals surface area contributed by atoms with Crippen LogP contribution in [0.4, 0.5) is 0 Å². The third kappa shape index (κ3) is 6.98. The third-order valence-corrected chi connectivity index (χ3v) is 5.76. The fraction of sp³-hybridized carbons (Fsp3) is 0.947. The van der Waals surface area contributed by atoms with Crippen LogP contribution >= 0.6 is 0 Å². The predicted molar refractivity (Wildman–Crippen MR) is 104 cm³/mol. The Morgan fingerprint density at radius 3 is 2.46 bits per heavy atom. The average Bonchev–Trinajstić information content (AvgIpc) is 2.62. The molecule has 1 unspecified atom stereocenters. The number of nitrogens with one attached hydrogen (secondary N) is 2. The van der Waals surface area contributed by atoms with E-state index < -0.39 is 0 Å². The Bertz CT molecular complexity index is 357. The van der Waals surface area contributed by atoms with Crippen molar-refractivity contribution in [3.05, 3.63) is 0 Å². The smallest absolute Gasteiger partial charge is 0.191 e. The van der Waals surface area contributed by atoms with Gasteiger partial charge in [0.05, 0.1) is 0 Å². The Kier molecular flexibility index (Phi) is 8.89. The predicted octanol–water partition coefficient (Wildman–Crippen LogP) is 2.15. The molecule has 1 saturated heterocycles. The van der Waals surface area contributed by atoms with Crippen LogP contribution in [-0.2, 0) is 0 Å². The Morgan fingerprint density at radius 1 is 1.08 bits per heavy atom. The van der Waals surface area contributed by atoms with E-state index in [9.17, 15) is 0 Å². The van der Waals surface area contributed by atoms with Crippen LogP contribution in [0.3, 0.4) is 0 Å². The molecule has 2 N–H and O–H groups in total. The molecule has 1 aliphatic carbocycles. The van der Waals surface area contributed by atoms with E-state index in [0.29, 0.717) is 6.04 Å². The molecular weight excluding hydrogens is 298 g/mol. The molecule has 1 heterocycles. The minimum atomic E-state index is 0.555. The lowest BCUT2D eigenvalue weighted by Crippen LogP contribution is -2.52. The number of hydrogen-bond donors (Lipinski definition) is 2. The van der Waals surface area contributed by atoms with Crippen LogP contribution in [0.15, 0.2) is 4.99 Å². The van der Waals surface area contributed by atoms with E-state index >= 15 is 0 Å². The number of piperazine rings is 1. The van der Waals surface area contributed by atoms with Gasteiger partial charge in [-0.15, -0.1) is 0 Å². The Morgan fingerprint density at radius 2 is 1.79 bits per heavy atom. The minimum Gasteiger partial charge on any atom is -0.356 e. The monoisotopic (exact) mass is 337 g/mol. The first kappa shape index (κ1) is 19.5. The summed E-state index contributed by atoms with van der Waals surface area (Å²) in [6.07, 6.45) is 9.90. The van der Waals surface area contributed by atoms with Crippen LogP contribution in [0, 0.1) is 5.92 Å². The van der Waals surface area contributed by atoms with Crippen molar-refractivity contribution in [2.75, 3.05) is 53.4 Å². The molecule has 2 rings (SSSR count). The van der Waals surface area contributed by atoms with Gasteiger partial charge in [0.2, 0.25) is 0 Å². The molecule has 0 aromatic rings. The van der Waals surface area contributed by atoms with Crippen LogP contribution in [-0.4, -0.2) is 75.2 Å². The summed E-state index contributed by atoms with van der Waals surface area (Å²) in [5.74, 6) is 1.94. The molecular formula is C19H39N5. The Labute approximate surface area is 149 Å². The molecule has 0 bridgehead atoms. The van der Waals surface area contributed by atoms with Crippen molar-refractivity contribution in [2.45, 2.75) is 57.9 Å². The lowest BCUT2D eigenvalue weighted by atomic mass is 9.86. The van der Waals surface area contributed by atoms with Crippen molar-refractivity contribution in [1.29, 1.82) is 0 Å². The standard InChI is InChI=1S/C19H39N5/c1-17(24-14-12-23(3)13-15-24)16-22-19(20-2)21-11-7-10-18-8-5-4-6-9-18/h17-18H,4-16H2,1-3H3,(H2,20,21,22). The molecule has 140 valence electrons. The van der Waals surface area contributed by atoms with Gasteiger partial charge >= 0.3 is 0 Å². The summed E-state index contributed by atoms with van der Waals surface area (Å²) in [7, 11) is 4.08. The van der Waals surface area contributed by atoms with Gasteiger partial charge in [-0.25, -0.2) is 0 Å². The summed E-state index contributed by atoms with van der Waals surface area (Å²) < 4.78 is 0. The molecule has 0 radical (unpaired) electrons. The molecule has 0 amide bonds. The molecule has 2 fully saturated rings. The highest BCUT2D eigenvalue weighted by Gasteiger charge is 2.19. The van der Waals surface area contributed by atoms with Gasteiger partial charge in [0.25, 0.3) is 0 Å². The second kappa shape index (κ2) is 10.9. The van der Waals surface area contributed by atoms with Crippen LogP contribution < -0.4 is 10.6 Å². The highest BCUT2D eigenvalue weighted by Crippen LogP contribution is 2.26. The van der Waals surface area contributed by atoms with Gasteiger partial charge in [-0.3, -0.25) is 9.89 Å². The van der Waals surface area contributed by atoms with Gasteiger partial charge in [-0.2, -0.15) is 0 Å². The maximum absolute atomic E-state index is 4.37. The van der Waals surface area contributed by atoms with Crippen molar-refractivity contribution >= 4 is 5.96 Å². The van der Waals surface area contributed by atoms with Crippen molar-refractivity contribution in [1.82, 2.24) is 20.4 Å². The fourth-order valence-corrected chi connectivity index (χ4v) is 3.93. The second-order valence-electron chi connectivity index (χ2n) is 7.71. The summed E-state index contributed by atoms with van der Waals surface area (Å²) in [6.45, 7) is 9.02. The maximum atomic E-state index is 4.37.